The van der Waals surface area contributed by atoms with Crippen LogP contribution < -0.4 is 5.32 Å². The molecule has 0 fully saturated rings. The van der Waals surface area contributed by atoms with Crippen LogP contribution in [0.2, 0.25) is 5.02 Å². The Morgan fingerprint density at radius 2 is 1.88 bits per heavy atom. The smallest absolute Gasteiger partial charge is 0.0406 e. The predicted molar refractivity (Wildman–Crippen MR) is 75.7 cm³/mol. The third kappa shape index (κ3) is 5.07. The van der Waals surface area contributed by atoms with Crippen molar-refractivity contribution in [3.05, 3.63) is 34.9 Å². The van der Waals surface area contributed by atoms with Crippen LogP contribution in [0.25, 0.3) is 0 Å². The molecule has 0 saturated heterocycles. The van der Waals surface area contributed by atoms with E-state index in [1.807, 2.05) is 19.2 Å². The molecule has 0 aromatic heterocycles. The van der Waals surface area contributed by atoms with Crippen molar-refractivity contribution in [2.75, 3.05) is 27.2 Å². The number of hydrogen-bond acceptors (Lipinski definition) is 2. The predicted octanol–water partition coefficient (Wildman–Crippen LogP) is 3.33. The van der Waals surface area contributed by atoms with Crippen LogP contribution >= 0.6 is 11.6 Å². The molecule has 17 heavy (non-hydrogen) atoms. The minimum absolute atomic E-state index is 0.409. The molecule has 0 spiro atoms. The molecule has 0 radical (unpaired) electrons. The molecule has 2 nitrogen and oxygen atoms in total. The highest BCUT2D eigenvalue weighted by Crippen LogP contribution is 2.19. The highest BCUT2D eigenvalue weighted by molar-refractivity contribution is 6.30. The summed E-state index contributed by atoms with van der Waals surface area (Å²) in [5.41, 5.74) is 1.31. The zero-order valence-electron chi connectivity index (χ0n) is 11.0. The Morgan fingerprint density at radius 1 is 1.24 bits per heavy atom. The van der Waals surface area contributed by atoms with E-state index >= 15 is 0 Å². The van der Waals surface area contributed by atoms with Crippen LogP contribution in [-0.4, -0.2) is 32.1 Å². The summed E-state index contributed by atoms with van der Waals surface area (Å²) in [5, 5.41) is 4.16. The summed E-state index contributed by atoms with van der Waals surface area (Å²) in [6.07, 6.45) is 2.33. The Balaban J connectivity index is 2.51. The molecule has 1 aromatic rings. The first-order valence-corrected chi connectivity index (χ1v) is 6.66. The molecule has 0 aliphatic heterocycles. The third-order valence-electron chi connectivity index (χ3n) is 3.03. The molecule has 1 unspecified atom stereocenters. The van der Waals surface area contributed by atoms with Gasteiger partial charge in [0, 0.05) is 11.1 Å². The topological polar surface area (TPSA) is 15.3 Å². The highest BCUT2D eigenvalue weighted by Gasteiger charge is 2.09. The minimum Gasteiger partial charge on any atom is -0.313 e. The quantitative estimate of drug-likeness (QED) is 0.803. The van der Waals surface area contributed by atoms with Crippen molar-refractivity contribution in [2.45, 2.75) is 25.8 Å². The van der Waals surface area contributed by atoms with Crippen LogP contribution in [0, 0.1) is 0 Å². The summed E-state index contributed by atoms with van der Waals surface area (Å²) in [7, 11) is 4.19. The van der Waals surface area contributed by atoms with Crippen LogP contribution in [0.4, 0.5) is 0 Å². The molecule has 0 bridgehead atoms. The average molecular weight is 255 g/mol. The molecule has 0 aliphatic rings. The average Bonchev–Trinajstić information content (AvgIpc) is 2.32. The van der Waals surface area contributed by atoms with Gasteiger partial charge in [-0.2, -0.15) is 0 Å². The van der Waals surface area contributed by atoms with Crippen LogP contribution in [0.1, 0.15) is 31.4 Å². The zero-order valence-corrected chi connectivity index (χ0v) is 11.8. The molecule has 96 valence electrons. The Bertz CT molecular complexity index is 311. The highest BCUT2D eigenvalue weighted by atomic mass is 35.5. The molecule has 0 saturated carbocycles. The lowest BCUT2D eigenvalue weighted by atomic mass is 10.0. The van der Waals surface area contributed by atoms with Crippen molar-refractivity contribution in [1.82, 2.24) is 10.2 Å². The molecule has 1 rings (SSSR count). The molecule has 1 N–H and O–H groups in total. The maximum atomic E-state index is 5.90. The first-order valence-electron chi connectivity index (χ1n) is 6.28. The van der Waals surface area contributed by atoms with Gasteiger partial charge in [-0.15, -0.1) is 0 Å². The first kappa shape index (κ1) is 14.5. The first-order chi connectivity index (χ1) is 8.17. The van der Waals surface area contributed by atoms with Gasteiger partial charge in [0.25, 0.3) is 0 Å². The van der Waals surface area contributed by atoms with Crippen LogP contribution in [0.15, 0.2) is 24.3 Å². The summed E-state index contributed by atoms with van der Waals surface area (Å²) in [6, 6.07) is 8.52. The maximum Gasteiger partial charge on any atom is 0.0406 e. The number of rotatable bonds is 7. The van der Waals surface area contributed by atoms with E-state index in [4.69, 9.17) is 11.6 Å². The maximum absolute atomic E-state index is 5.90. The fourth-order valence-corrected chi connectivity index (χ4v) is 2.14. The Kier molecular flexibility index (Phi) is 6.56. The zero-order chi connectivity index (χ0) is 12.7. The Hall–Kier alpha value is -0.570. The van der Waals surface area contributed by atoms with E-state index in [1.165, 1.54) is 12.0 Å². The molecular weight excluding hydrogens is 232 g/mol. The monoisotopic (exact) mass is 254 g/mol. The molecule has 0 amide bonds. The minimum atomic E-state index is 0.409. The van der Waals surface area contributed by atoms with E-state index in [2.05, 4.69) is 36.3 Å². The third-order valence-corrected chi connectivity index (χ3v) is 3.28. The van der Waals surface area contributed by atoms with Crippen molar-refractivity contribution in [3.8, 4) is 0 Å². The largest absolute Gasteiger partial charge is 0.313 e. The van der Waals surface area contributed by atoms with Crippen molar-refractivity contribution < 1.29 is 0 Å². The summed E-state index contributed by atoms with van der Waals surface area (Å²) < 4.78 is 0. The number of nitrogens with one attached hydrogen (secondary N) is 1. The second-order valence-electron chi connectivity index (χ2n) is 4.48. The standard InChI is InChI=1S/C14H23ClN2/c1-4-10-17(3)11-9-14(16-2)12-5-7-13(15)8-6-12/h5-8,14,16H,4,9-11H2,1-3H3. The summed E-state index contributed by atoms with van der Waals surface area (Å²) in [6.45, 7) is 4.49. The van der Waals surface area contributed by atoms with E-state index in [0.717, 1.165) is 24.5 Å². The second kappa shape index (κ2) is 7.70. The fourth-order valence-electron chi connectivity index (χ4n) is 2.02. The summed E-state index contributed by atoms with van der Waals surface area (Å²) >= 11 is 5.90. The molecule has 1 aromatic carbocycles. The van der Waals surface area contributed by atoms with Gasteiger partial charge in [0.05, 0.1) is 0 Å². The fraction of sp³-hybridized carbons (Fsp3) is 0.571. The number of halogens is 1. The van der Waals surface area contributed by atoms with Gasteiger partial charge in [0.2, 0.25) is 0 Å². The number of hydrogen-bond donors (Lipinski definition) is 1. The Labute approximate surface area is 110 Å². The summed E-state index contributed by atoms with van der Waals surface area (Å²) in [4.78, 5) is 2.38. The second-order valence-corrected chi connectivity index (χ2v) is 4.92. The Morgan fingerprint density at radius 3 is 2.41 bits per heavy atom. The van der Waals surface area contributed by atoms with Crippen molar-refractivity contribution in [1.29, 1.82) is 0 Å². The van der Waals surface area contributed by atoms with Crippen LogP contribution in [-0.2, 0) is 0 Å². The number of benzene rings is 1. The molecule has 0 heterocycles. The lowest BCUT2D eigenvalue weighted by Gasteiger charge is -2.21. The molecule has 0 aliphatic carbocycles. The van der Waals surface area contributed by atoms with Gasteiger partial charge in [0.1, 0.15) is 0 Å². The van der Waals surface area contributed by atoms with Crippen molar-refractivity contribution in [3.63, 3.8) is 0 Å². The van der Waals surface area contributed by atoms with Crippen molar-refractivity contribution in [2.24, 2.45) is 0 Å². The lowest BCUT2D eigenvalue weighted by Crippen LogP contribution is -2.26. The van der Waals surface area contributed by atoms with E-state index in [-0.39, 0.29) is 0 Å². The van der Waals surface area contributed by atoms with Gasteiger partial charge in [-0.05, 0) is 57.7 Å². The van der Waals surface area contributed by atoms with Gasteiger partial charge < -0.3 is 10.2 Å². The SMILES string of the molecule is CCCN(C)CCC(NC)c1ccc(Cl)cc1. The van der Waals surface area contributed by atoms with Gasteiger partial charge >= 0.3 is 0 Å². The van der Waals surface area contributed by atoms with Gasteiger partial charge in [-0.25, -0.2) is 0 Å². The van der Waals surface area contributed by atoms with Crippen LogP contribution in [0.3, 0.4) is 0 Å². The van der Waals surface area contributed by atoms with Crippen LogP contribution in [0.5, 0.6) is 0 Å². The van der Waals surface area contributed by atoms with Crippen molar-refractivity contribution >= 4 is 11.6 Å². The van der Waals surface area contributed by atoms with E-state index in [0.29, 0.717) is 6.04 Å². The van der Waals surface area contributed by atoms with E-state index < -0.39 is 0 Å². The molecule has 1 atom stereocenters. The van der Waals surface area contributed by atoms with E-state index in [9.17, 15) is 0 Å². The van der Waals surface area contributed by atoms with Gasteiger partial charge in [-0.1, -0.05) is 30.7 Å². The lowest BCUT2D eigenvalue weighted by molar-refractivity contribution is 0.311. The van der Waals surface area contributed by atoms with Gasteiger partial charge in [-0.3, -0.25) is 0 Å². The normalized spacial score (nSPS) is 13.0. The molecular formula is C14H23ClN2. The van der Waals surface area contributed by atoms with Gasteiger partial charge in [0.15, 0.2) is 0 Å². The summed E-state index contributed by atoms with van der Waals surface area (Å²) in [5.74, 6) is 0. The van der Waals surface area contributed by atoms with E-state index in [1.54, 1.807) is 0 Å². The number of nitrogens with zero attached hydrogens (tertiary/aromatic N) is 1. The molecule has 3 heteroatoms.